The van der Waals surface area contributed by atoms with Gasteiger partial charge in [0, 0.05) is 22.6 Å². The van der Waals surface area contributed by atoms with Crippen LogP contribution in [0.3, 0.4) is 0 Å². The van der Waals surface area contributed by atoms with Crippen LogP contribution in [0.5, 0.6) is 5.75 Å². The molecular formula is C21H14BrClN4O5S. The number of phenols is 1. The molecule has 0 aliphatic rings. The van der Waals surface area contributed by atoms with Gasteiger partial charge in [0.1, 0.15) is 11.4 Å². The van der Waals surface area contributed by atoms with Gasteiger partial charge in [-0.15, -0.1) is 11.3 Å². The average molecular weight is 550 g/mol. The summed E-state index contributed by atoms with van der Waals surface area (Å²) >= 11 is 10.4. The fourth-order valence-corrected chi connectivity index (χ4v) is 3.88. The molecule has 0 aliphatic carbocycles. The molecule has 0 radical (unpaired) electrons. The lowest BCUT2D eigenvalue weighted by molar-refractivity contribution is -0.385. The number of non-ortho nitro benzene ring substituents is 1. The first-order valence-electron chi connectivity index (χ1n) is 9.07. The number of carbonyl (C=O) groups is 2. The van der Waals surface area contributed by atoms with Crippen LogP contribution < -0.4 is 10.7 Å². The number of halogens is 2. The van der Waals surface area contributed by atoms with Crippen LogP contribution in [0, 0.1) is 10.1 Å². The van der Waals surface area contributed by atoms with Gasteiger partial charge in [0.05, 0.1) is 26.2 Å². The van der Waals surface area contributed by atoms with Crippen molar-refractivity contribution < 1.29 is 19.6 Å². The highest BCUT2D eigenvalue weighted by Gasteiger charge is 2.17. The summed E-state index contributed by atoms with van der Waals surface area (Å²) in [4.78, 5) is 36.4. The molecule has 9 nitrogen and oxygen atoms in total. The fourth-order valence-electron chi connectivity index (χ4n) is 2.54. The van der Waals surface area contributed by atoms with Crippen molar-refractivity contribution in [3.63, 3.8) is 0 Å². The molecule has 3 N–H and O–H groups in total. The van der Waals surface area contributed by atoms with Gasteiger partial charge in [-0.25, -0.2) is 5.43 Å². The highest BCUT2D eigenvalue weighted by Crippen LogP contribution is 2.31. The lowest BCUT2D eigenvalue weighted by Gasteiger charge is -2.09. The van der Waals surface area contributed by atoms with Gasteiger partial charge in [-0.1, -0.05) is 29.8 Å². The maximum absolute atomic E-state index is 12.7. The van der Waals surface area contributed by atoms with Crippen molar-refractivity contribution in [1.82, 2.24) is 10.7 Å². The highest BCUT2D eigenvalue weighted by molar-refractivity contribution is 9.10. The standard InChI is InChI=1S/C21H14BrClN4O5S/c22-16-9-13(27(31)32)8-12(19(16)28)11-24-26-21(30)18(10-14-4-3-7-33-14)25-20(29)15-5-1-2-6-17(15)23/h1-11,28H,(H,25,29)(H,26,30)/b18-10?,24-11+. The molecule has 1 aromatic heterocycles. The predicted octanol–water partition coefficient (Wildman–Crippen LogP) is 4.70. The Morgan fingerprint density at radius 3 is 2.64 bits per heavy atom. The van der Waals surface area contributed by atoms with Gasteiger partial charge in [0.25, 0.3) is 17.5 Å². The van der Waals surface area contributed by atoms with Gasteiger partial charge in [0.15, 0.2) is 0 Å². The van der Waals surface area contributed by atoms with Gasteiger partial charge in [-0.2, -0.15) is 5.10 Å². The zero-order valence-electron chi connectivity index (χ0n) is 16.5. The molecule has 1 heterocycles. The quantitative estimate of drug-likeness (QED) is 0.170. The third kappa shape index (κ3) is 6.25. The summed E-state index contributed by atoms with van der Waals surface area (Å²) in [5, 5.41) is 29.4. The summed E-state index contributed by atoms with van der Waals surface area (Å²) in [6.45, 7) is 0. The fraction of sp³-hybridized carbons (Fsp3) is 0. The van der Waals surface area contributed by atoms with E-state index < -0.39 is 16.7 Å². The number of nitrogens with zero attached hydrogens (tertiary/aromatic N) is 2. The average Bonchev–Trinajstić information content (AvgIpc) is 3.29. The number of nitrogens with one attached hydrogen (secondary N) is 2. The summed E-state index contributed by atoms with van der Waals surface area (Å²) in [5.74, 6) is -1.65. The molecule has 12 heteroatoms. The summed E-state index contributed by atoms with van der Waals surface area (Å²) in [7, 11) is 0. The molecular weight excluding hydrogens is 536 g/mol. The van der Waals surface area contributed by atoms with E-state index in [4.69, 9.17) is 11.6 Å². The Morgan fingerprint density at radius 2 is 1.97 bits per heavy atom. The third-order valence-electron chi connectivity index (χ3n) is 4.10. The van der Waals surface area contributed by atoms with Crippen molar-refractivity contribution in [3.8, 4) is 5.75 Å². The number of hydrogen-bond acceptors (Lipinski definition) is 7. The largest absolute Gasteiger partial charge is 0.506 e. The SMILES string of the molecule is O=C(N/N=C/c1cc([N+](=O)[O-])cc(Br)c1O)C(=Cc1cccs1)NC(=O)c1ccccc1Cl. The number of nitro benzene ring substituents is 1. The normalized spacial score (nSPS) is 11.4. The molecule has 0 spiro atoms. The molecule has 2 amide bonds. The van der Waals surface area contributed by atoms with Crippen LogP contribution in [0.25, 0.3) is 6.08 Å². The van der Waals surface area contributed by atoms with Crippen molar-refractivity contribution in [2.45, 2.75) is 0 Å². The van der Waals surface area contributed by atoms with E-state index >= 15 is 0 Å². The highest BCUT2D eigenvalue weighted by atomic mass is 79.9. The minimum absolute atomic E-state index is 0.000245. The molecule has 0 saturated heterocycles. The second-order valence-electron chi connectivity index (χ2n) is 6.33. The van der Waals surface area contributed by atoms with Crippen LogP contribution in [-0.2, 0) is 4.79 Å². The van der Waals surface area contributed by atoms with Crippen molar-refractivity contribution in [2.24, 2.45) is 5.10 Å². The first-order valence-corrected chi connectivity index (χ1v) is 11.1. The van der Waals surface area contributed by atoms with E-state index in [9.17, 15) is 24.8 Å². The van der Waals surface area contributed by atoms with Crippen molar-refractivity contribution in [3.05, 3.63) is 95.2 Å². The monoisotopic (exact) mass is 548 g/mol. The van der Waals surface area contributed by atoms with Gasteiger partial charge >= 0.3 is 0 Å². The third-order valence-corrected chi connectivity index (χ3v) is 5.85. The first kappa shape index (κ1) is 24.1. The lowest BCUT2D eigenvalue weighted by Crippen LogP contribution is -2.33. The molecule has 3 aromatic rings. The van der Waals surface area contributed by atoms with Crippen molar-refractivity contribution >= 4 is 68.7 Å². The number of amides is 2. The smallest absolute Gasteiger partial charge is 0.287 e. The summed E-state index contributed by atoms with van der Waals surface area (Å²) in [5.41, 5.74) is 2.03. The van der Waals surface area contributed by atoms with Gasteiger partial charge in [-0.3, -0.25) is 19.7 Å². The van der Waals surface area contributed by atoms with E-state index in [1.54, 1.807) is 35.7 Å². The Bertz CT molecular complexity index is 1280. The van der Waals surface area contributed by atoms with Gasteiger partial charge in [-0.05, 0) is 45.6 Å². The Hall–Kier alpha value is -3.54. The Morgan fingerprint density at radius 1 is 1.21 bits per heavy atom. The minimum atomic E-state index is -0.760. The number of aromatic hydroxyl groups is 1. The molecule has 0 saturated carbocycles. The van der Waals surface area contributed by atoms with Crippen LogP contribution in [0.2, 0.25) is 5.02 Å². The van der Waals surface area contributed by atoms with E-state index in [1.165, 1.54) is 23.5 Å². The van der Waals surface area contributed by atoms with E-state index in [2.05, 4.69) is 31.8 Å². The number of benzene rings is 2. The van der Waals surface area contributed by atoms with E-state index in [-0.39, 0.29) is 37.8 Å². The van der Waals surface area contributed by atoms with Crippen LogP contribution in [0.15, 0.2) is 69.2 Å². The lowest BCUT2D eigenvalue weighted by atomic mass is 10.2. The minimum Gasteiger partial charge on any atom is -0.506 e. The molecule has 168 valence electrons. The molecule has 0 bridgehead atoms. The first-order chi connectivity index (χ1) is 15.8. The Kier molecular flexibility index (Phi) is 7.93. The second kappa shape index (κ2) is 10.9. The summed E-state index contributed by atoms with van der Waals surface area (Å²) in [6, 6.07) is 12.1. The Labute approximate surface area is 204 Å². The van der Waals surface area contributed by atoms with Crippen LogP contribution in [0.4, 0.5) is 5.69 Å². The Balaban J connectivity index is 1.82. The number of phenolic OH excluding ortho intramolecular Hbond substituents is 1. The van der Waals surface area contributed by atoms with E-state index in [0.29, 0.717) is 4.88 Å². The molecule has 0 unspecified atom stereocenters. The maximum atomic E-state index is 12.7. The van der Waals surface area contributed by atoms with Crippen molar-refractivity contribution in [1.29, 1.82) is 0 Å². The molecule has 0 aliphatic heterocycles. The number of thiophene rings is 1. The van der Waals surface area contributed by atoms with Crippen LogP contribution in [0.1, 0.15) is 20.8 Å². The molecule has 3 rings (SSSR count). The van der Waals surface area contributed by atoms with Crippen molar-refractivity contribution in [2.75, 3.05) is 0 Å². The van der Waals surface area contributed by atoms with Gasteiger partial charge < -0.3 is 10.4 Å². The topological polar surface area (TPSA) is 134 Å². The predicted molar refractivity (Wildman–Crippen MR) is 129 cm³/mol. The molecule has 0 fully saturated rings. The van der Waals surface area contributed by atoms with Gasteiger partial charge in [0.2, 0.25) is 0 Å². The van der Waals surface area contributed by atoms with E-state index in [0.717, 1.165) is 18.3 Å². The summed E-state index contributed by atoms with van der Waals surface area (Å²) in [6.07, 6.45) is 2.51. The zero-order chi connectivity index (χ0) is 24.0. The number of carbonyl (C=O) groups excluding carboxylic acids is 2. The second-order valence-corrected chi connectivity index (χ2v) is 8.57. The van der Waals surface area contributed by atoms with Crippen LogP contribution in [-0.4, -0.2) is 28.1 Å². The summed E-state index contributed by atoms with van der Waals surface area (Å²) < 4.78 is 0.0924. The zero-order valence-corrected chi connectivity index (χ0v) is 19.6. The number of rotatable bonds is 7. The maximum Gasteiger partial charge on any atom is 0.287 e. The molecule has 33 heavy (non-hydrogen) atoms. The number of hydrazone groups is 1. The molecule has 2 aromatic carbocycles. The number of hydrogen-bond donors (Lipinski definition) is 3. The van der Waals surface area contributed by atoms with E-state index in [1.807, 2.05) is 0 Å². The molecule has 0 atom stereocenters. The van der Waals surface area contributed by atoms with Crippen LogP contribution >= 0.6 is 38.9 Å². The number of nitro groups is 1.